The number of hydrogen-bond donors (Lipinski definition) is 1. The van der Waals surface area contributed by atoms with Crippen LogP contribution in [0.15, 0.2) is 42.5 Å². The van der Waals surface area contributed by atoms with Crippen LogP contribution in [0.25, 0.3) is 22.2 Å². The van der Waals surface area contributed by atoms with E-state index in [4.69, 9.17) is 27.9 Å². The molecule has 6 heteroatoms. The van der Waals surface area contributed by atoms with Crippen LogP contribution in [0.1, 0.15) is 10.4 Å². The third kappa shape index (κ3) is 2.83. The first-order chi connectivity index (χ1) is 11.0. The van der Waals surface area contributed by atoms with E-state index in [1.54, 1.807) is 19.2 Å². The highest BCUT2D eigenvalue weighted by Gasteiger charge is 2.17. The number of para-hydroxylation sites is 1. The van der Waals surface area contributed by atoms with E-state index in [2.05, 4.69) is 4.98 Å². The van der Waals surface area contributed by atoms with Gasteiger partial charge in [0.15, 0.2) is 0 Å². The molecule has 0 saturated carbocycles. The summed E-state index contributed by atoms with van der Waals surface area (Å²) in [5.41, 5.74) is 1.62. The largest absolute Gasteiger partial charge is 0.496 e. The van der Waals surface area contributed by atoms with Crippen molar-refractivity contribution in [3.05, 3.63) is 58.1 Å². The lowest BCUT2D eigenvalue weighted by atomic mass is 10.0. The van der Waals surface area contributed by atoms with E-state index >= 15 is 0 Å². The zero-order valence-electron chi connectivity index (χ0n) is 12.0. The maximum Gasteiger partial charge on any atom is 0.336 e. The lowest BCUT2D eigenvalue weighted by Crippen LogP contribution is -2.01. The first-order valence-electron chi connectivity index (χ1n) is 6.67. The topological polar surface area (TPSA) is 59.4 Å². The van der Waals surface area contributed by atoms with Crippen molar-refractivity contribution in [3.8, 4) is 17.0 Å². The molecule has 0 saturated heterocycles. The normalized spacial score (nSPS) is 10.7. The van der Waals surface area contributed by atoms with Crippen molar-refractivity contribution in [2.45, 2.75) is 0 Å². The number of halogens is 2. The molecule has 0 fully saturated rings. The minimum Gasteiger partial charge on any atom is -0.496 e. The maximum atomic E-state index is 11.6. The van der Waals surface area contributed by atoms with Crippen LogP contribution in [0.2, 0.25) is 10.0 Å². The van der Waals surface area contributed by atoms with Gasteiger partial charge in [-0.3, -0.25) is 0 Å². The molecule has 0 aliphatic rings. The van der Waals surface area contributed by atoms with Crippen molar-refractivity contribution in [1.29, 1.82) is 0 Å². The van der Waals surface area contributed by atoms with Crippen molar-refractivity contribution in [2.24, 2.45) is 0 Å². The Labute approximate surface area is 142 Å². The number of rotatable bonds is 3. The summed E-state index contributed by atoms with van der Waals surface area (Å²) in [5, 5.41) is 10.6. The monoisotopic (exact) mass is 347 g/mol. The highest BCUT2D eigenvalue weighted by Crippen LogP contribution is 2.34. The third-order valence-electron chi connectivity index (χ3n) is 3.44. The summed E-state index contributed by atoms with van der Waals surface area (Å²) in [6.07, 6.45) is 0. The predicted octanol–water partition coefficient (Wildman–Crippen LogP) is 4.92. The number of carboxylic acids is 1. The smallest absolute Gasteiger partial charge is 0.336 e. The number of aromatic nitrogens is 1. The first-order valence-corrected chi connectivity index (χ1v) is 7.43. The van der Waals surface area contributed by atoms with Crippen molar-refractivity contribution in [3.63, 3.8) is 0 Å². The summed E-state index contributed by atoms with van der Waals surface area (Å²) < 4.78 is 5.32. The van der Waals surface area contributed by atoms with Crippen LogP contribution in [-0.2, 0) is 0 Å². The molecule has 2 aromatic carbocycles. The number of carbonyl (C=O) groups is 1. The van der Waals surface area contributed by atoms with Gasteiger partial charge in [0.1, 0.15) is 5.75 Å². The molecule has 0 aliphatic heterocycles. The van der Waals surface area contributed by atoms with Gasteiger partial charge in [0.05, 0.1) is 28.9 Å². The zero-order valence-corrected chi connectivity index (χ0v) is 13.5. The van der Waals surface area contributed by atoms with Gasteiger partial charge in [-0.1, -0.05) is 35.3 Å². The average molecular weight is 348 g/mol. The summed E-state index contributed by atoms with van der Waals surface area (Å²) in [7, 11) is 1.55. The molecule has 0 atom stereocenters. The number of carboxylic acid groups (broad SMARTS) is 1. The van der Waals surface area contributed by atoms with E-state index in [-0.39, 0.29) is 5.56 Å². The highest BCUT2D eigenvalue weighted by atomic mass is 35.5. The third-order valence-corrected chi connectivity index (χ3v) is 3.95. The van der Waals surface area contributed by atoms with E-state index in [1.807, 2.05) is 18.2 Å². The van der Waals surface area contributed by atoms with E-state index < -0.39 is 5.97 Å². The molecule has 4 nitrogen and oxygen atoms in total. The lowest BCUT2D eigenvalue weighted by molar-refractivity contribution is 0.0699. The Balaban J connectivity index is 2.38. The Morgan fingerprint density at radius 2 is 1.91 bits per heavy atom. The van der Waals surface area contributed by atoms with E-state index in [0.29, 0.717) is 38.0 Å². The minimum atomic E-state index is -1.08. The number of ether oxygens (including phenoxy) is 1. The Bertz CT molecular complexity index is 925. The van der Waals surface area contributed by atoms with Crippen molar-refractivity contribution >= 4 is 40.1 Å². The van der Waals surface area contributed by atoms with Crippen molar-refractivity contribution in [2.75, 3.05) is 7.11 Å². The molecule has 3 rings (SSSR count). The van der Waals surface area contributed by atoms with Gasteiger partial charge in [0, 0.05) is 16.0 Å². The molecule has 0 aliphatic carbocycles. The summed E-state index contributed by atoms with van der Waals surface area (Å²) in [4.78, 5) is 16.1. The number of aromatic carboxylic acids is 1. The second-order valence-corrected chi connectivity index (χ2v) is 5.69. The van der Waals surface area contributed by atoms with Gasteiger partial charge in [-0.2, -0.15) is 0 Å². The predicted molar refractivity (Wildman–Crippen MR) is 90.7 cm³/mol. The zero-order chi connectivity index (χ0) is 16.6. The Kier molecular flexibility index (Phi) is 4.11. The first kappa shape index (κ1) is 15.6. The molecule has 116 valence electrons. The second-order valence-electron chi connectivity index (χ2n) is 4.84. The highest BCUT2D eigenvalue weighted by molar-refractivity contribution is 6.38. The summed E-state index contributed by atoms with van der Waals surface area (Å²) in [6.45, 7) is 0. The van der Waals surface area contributed by atoms with Crippen LogP contribution >= 0.6 is 23.2 Å². The number of pyridine rings is 1. The standard InChI is InChI=1S/C17H11Cl2NO3/c1-23-15-5-3-2-4-10(15)14-8-12(17(21)22)11-6-9(18)7-13(19)16(11)20-14/h2-8H,1H3,(H,21,22). The molecule has 0 spiro atoms. The van der Waals surface area contributed by atoms with Crippen LogP contribution in [0, 0.1) is 0 Å². The summed E-state index contributed by atoms with van der Waals surface area (Å²) >= 11 is 12.2. The summed E-state index contributed by atoms with van der Waals surface area (Å²) in [6, 6.07) is 11.8. The van der Waals surface area contributed by atoms with Gasteiger partial charge in [0.25, 0.3) is 0 Å². The van der Waals surface area contributed by atoms with Gasteiger partial charge in [-0.15, -0.1) is 0 Å². The van der Waals surface area contributed by atoms with Crippen molar-refractivity contribution < 1.29 is 14.6 Å². The number of benzene rings is 2. The minimum absolute atomic E-state index is 0.0836. The van der Waals surface area contributed by atoms with Gasteiger partial charge in [-0.05, 0) is 30.3 Å². The van der Waals surface area contributed by atoms with Crippen LogP contribution in [0.3, 0.4) is 0 Å². The van der Waals surface area contributed by atoms with E-state index in [1.165, 1.54) is 12.1 Å². The Morgan fingerprint density at radius 3 is 2.61 bits per heavy atom. The number of hydrogen-bond acceptors (Lipinski definition) is 3. The molecule has 0 bridgehead atoms. The number of fused-ring (bicyclic) bond motifs is 1. The van der Waals surface area contributed by atoms with Crippen LogP contribution in [-0.4, -0.2) is 23.2 Å². The maximum absolute atomic E-state index is 11.6. The lowest BCUT2D eigenvalue weighted by Gasteiger charge is -2.11. The summed E-state index contributed by atoms with van der Waals surface area (Å²) in [5.74, 6) is -0.479. The fraction of sp³-hybridized carbons (Fsp3) is 0.0588. The fourth-order valence-corrected chi connectivity index (χ4v) is 2.96. The molecular weight excluding hydrogens is 337 g/mol. The van der Waals surface area contributed by atoms with E-state index in [9.17, 15) is 9.90 Å². The van der Waals surface area contributed by atoms with Gasteiger partial charge >= 0.3 is 5.97 Å². The molecule has 0 unspecified atom stereocenters. The van der Waals surface area contributed by atoms with Gasteiger partial charge in [-0.25, -0.2) is 9.78 Å². The second kappa shape index (κ2) is 6.07. The molecule has 0 amide bonds. The Morgan fingerprint density at radius 1 is 1.17 bits per heavy atom. The number of methoxy groups -OCH3 is 1. The quantitative estimate of drug-likeness (QED) is 0.730. The average Bonchev–Trinajstić information content (AvgIpc) is 2.53. The molecule has 3 aromatic rings. The van der Waals surface area contributed by atoms with Gasteiger partial charge < -0.3 is 9.84 Å². The molecular formula is C17H11Cl2NO3. The molecule has 0 radical (unpaired) electrons. The molecule has 23 heavy (non-hydrogen) atoms. The van der Waals surface area contributed by atoms with E-state index in [0.717, 1.165) is 0 Å². The van der Waals surface area contributed by atoms with Crippen LogP contribution in [0.4, 0.5) is 0 Å². The molecule has 1 aromatic heterocycles. The van der Waals surface area contributed by atoms with Gasteiger partial charge in [0.2, 0.25) is 0 Å². The van der Waals surface area contributed by atoms with Crippen LogP contribution in [0.5, 0.6) is 5.75 Å². The Hall–Kier alpha value is -2.30. The molecule has 1 N–H and O–H groups in total. The van der Waals surface area contributed by atoms with Crippen LogP contribution < -0.4 is 4.74 Å². The fourth-order valence-electron chi connectivity index (χ4n) is 2.42. The SMILES string of the molecule is COc1ccccc1-c1cc(C(=O)O)c2cc(Cl)cc(Cl)c2n1. The van der Waals surface area contributed by atoms with Crippen molar-refractivity contribution in [1.82, 2.24) is 4.98 Å². The number of nitrogens with zero attached hydrogens (tertiary/aromatic N) is 1. The molecule has 1 heterocycles.